The van der Waals surface area contributed by atoms with E-state index in [0.29, 0.717) is 0 Å². The second-order valence-electron chi connectivity index (χ2n) is 2.26. The molecule has 0 aliphatic rings. The zero-order valence-corrected chi connectivity index (χ0v) is 7.63. The standard InChI is InChI=1S/C6H12O2.C3H6/c1-3-5(4-2)6(7)8;1-3-2/h5H,3-4H2,1-2H3,(H,7,8);3H,1H2,2H3. The van der Waals surface area contributed by atoms with Crippen molar-refractivity contribution in [2.75, 3.05) is 0 Å². The van der Waals surface area contributed by atoms with Crippen molar-refractivity contribution in [1.82, 2.24) is 0 Å². The lowest BCUT2D eigenvalue weighted by molar-refractivity contribution is -0.141. The molecular weight excluding hydrogens is 140 g/mol. The van der Waals surface area contributed by atoms with Gasteiger partial charge in [-0.05, 0) is 19.8 Å². The minimum absolute atomic E-state index is 0.130. The third-order valence-corrected chi connectivity index (χ3v) is 1.33. The maximum absolute atomic E-state index is 10.2. The third-order valence-electron chi connectivity index (χ3n) is 1.33. The Morgan fingerprint density at radius 2 is 1.82 bits per heavy atom. The summed E-state index contributed by atoms with van der Waals surface area (Å²) >= 11 is 0. The first-order valence-corrected chi connectivity index (χ1v) is 3.93. The molecule has 0 atom stereocenters. The van der Waals surface area contributed by atoms with Crippen LogP contribution in [-0.2, 0) is 4.79 Å². The highest BCUT2D eigenvalue weighted by Crippen LogP contribution is 2.05. The predicted molar refractivity (Wildman–Crippen MR) is 47.6 cm³/mol. The van der Waals surface area contributed by atoms with Crippen molar-refractivity contribution in [3.8, 4) is 0 Å². The van der Waals surface area contributed by atoms with E-state index in [9.17, 15) is 4.79 Å². The van der Waals surface area contributed by atoms with E-state index in [2.05, 4.69) is 6.58 Å². The molecule has 66 valence electrons. The Hall–Kier alpha value is -0.790. The van der Waals surface area contributed by atoms with Crippen LogP contribution in [0.4, 0.5) is 0 Å². The van der Waals surface area contributed by atoms with E-state index >= 15 is 0 Å². The second kappa shape index (κ2) is 9.21. The summed E-state index contributed by atoms with van der Waals surface area (Å²) in [5, 5.41) is 8.37. The molecule has 0 rings (SSSR count). The Labute approximate surface area is 68.9 Å². The highest BCUT2D eigenvalue weighted by atomic mass is 16.4. The maximum atomic E-state index is 10.2. The van der Waals surface area contributed by atoms with Gasteiger partial charge < -0.3 is 5.11 Å². The van der Waals surface area contributed by atoms with Crippen LogP contribution in [0.5, 0.6) is 0 Å². The van der Waals surface area contributed by atoms with Crippen LogP contribution in [0.25, 0.3) is 0 Å². The normalized spacial score (nSPS) is 8.36. The average Bonchev–Trinajstić information content (AvgIpc) is 1.91. The maximum Gasteiger partial charge on any atom is 0.306 e. The van der Waals surface area contributed by atoms with Crippen molar-refractivity contribution in [3.63, 3.8) is 0 Å². The van der Waals surface area contributed by atoms with E-state index in [1.807, 2.05) is 20.8 Å². The molecule has 0 aromatic rings. The van der Waals surface area contributed by atoms with Crippen LogP contribution in [0, 0.1) is 5.92 Å². The monoisotopic (exact) mass is 158 g/mol. The van der Waals surface area contributed by atoms with Gasteiger partial charge in [0.25, 0.3) is 0 Å². The van der Waals surface area contributed by atoms with Gasteiger partial charge in [-0.2, -0.15) is 0 Å². The fourth-order valence-electron chi connectivity index (χ4n) is 0.638. The van der Waals surface area contributed by atoms with Crippen LogP contribution >= 0.6 is 0 Å². The molecule has 0 aliphatic carbocycles. The molecule has 0 spiro atoms. The molecule has 0 radical (unpaired) electrons. The van der Waals surface area contributed by atoms with Crippen LogP contribution < -0.4 is 0 Å². The molecule has 0 amide bonds. The molecule has 2 heteroatoms. The Kier molecular flexibility index (Phi) is 10.8. The number of carbonyl (C=O) groups is 1. The Bertz CT molecular complexity index is 104. The lowest BCUT2D eigenvalue weighted by Gasteiger charge is -2.02. The van der Waals surface area contributed by atoms with Gasteiger partial charge in [0.05, 0.1) is 5.92 Å². The molecule has 0 aliphatic heterocycles. The minimum atomic E-state index is -0.671. The van der Waals surface area contributed by atoms with Gasteiger partial charge in [-0.25, -0.2) is 0 Å². The van der Waals surface area contributed by atoms with Gasteiger partial charge in [0.2, 0.25) is 0 Å². The summed E-state index contributed by atoms with van der Waals surface area (Å²) in [5.41, 5.74) is 0. The molecule has 0 unspecified atom stereocenters. The van der Waals surface area contributed by atoms with Crippen LogP contribution in [0.2, 0.25) is 0 Å². The van der Waals surface area contributed by atoms with E-state index in [4.69, 9.17) is 5.11 Å². The summed E-state index contributed by atoms with van der Waals surface area (Å²) in [6, 6.07) is 0. The smallest absolute Gasteiger partial charge is 0.306 e. The summed E-state index contributed by atoms with van der Waals surface area (Å²) in [7, 11) is 0. The first kappa shape index (κ1) is 12.8. The number of hydrogen-bond acceptors (Lipinski definition) is 1. The van der Waals surface area contributed by atoms with Crippen molar-refractivity contribution in [3.05, 3.63) is 12.7 Å². The summed E-state index contributed by atoms with van der Waals surface area (Å²) in [6.45, 7) is 9.03. The van der Waals surface area contributed by atoms with Gasteiger partial charge in [0.15, 0.2) is 0 Å². The highest BCUT2D eigenvalue weighted by molar-refractivity contribution is 5.69. The quantitative estimate of drug-likeness (QED) is 0.641. The van der Waals surface area contributed by atoms with Gasteiger partial charge >= 0.3 is 5.97 Å². The molecule has 11 heavy (non-hydrogen) atoms. The van der Waals surface area contributed by atoms with Crippen LogP contribution in [-0.4, -0.2) is 11.1 Å². The summed E-state index contributed by atoms with van der Waals surface area (Å²) < 4.78 is 0. The molecule has 0 aromatic heterocycles. The average molecular weight is 158 g/mol. The zero-order chi connectivity index (χ0) is 9.28. The van der Waals surface area contributed by atoms with Crippen molar-refractivity contribution >= 4 is 5.97 Å². The number of hydrogen-bond donors (Lipinski definition) is 1. The molecule has 0 fully saturated rings. The molecule has 0 bridgehead atoms. The lowest BCUT2D eigenvalue weighted by atomic mass is 10.1. The molecule has 1 N–H and O–H groups in total. The van der Waals surface area contributed by atoms with Crippen molar-refractivity contribution in [1.29, 1.82) is 0 Å². The summed E-state index contributed by atoms with van der Waals surface area (Å²) in [4.78, 5) is 10.2. The first-order valence-electron chi connectivity index (χ1n) is 3.93. The van der Waals surface area contributed by atoms with Crippen molar-refractivity contribution in [2.45, 2.75) is 33.6 Å². The van der Waals surface area contributed by atoms with E-state index in [1.165, 1.54) is 0 Å². The summed E-state index contributed by atoms with van der Waals surface area (Å²) in [6.07, 6.45) is 3.23. The molecule has 2 nitrogen and oxygen atoms in total. The van der Waals surface area contributed by atoms with Crippen LogP contribution in [0.1, 0.15) is 33.6 Å². The SMILES string of the molecule is C=CC.CCC(CC)C(=O)O. The van der Waals surface area contributed by atoms with Gasteiger partial charge in [-0.3, -0.25) is 4.79 Å². The number of aliphatic carboxylic acids is 1. The number of carboxylic acids is 1. The van der Waals surface area contributed by atoms with Gasteiger partial charge in [0.1, 0.15) is 0 Å². The van der Waals surface area contributed by atoms with E-state index in [-0.39, 0.29) is 5.92 Å². The molecule has 0 heterocycles. The minimum Gasteiger partial charge on any atom is -0.481 e. The number of carboxylic acid groups (broad SMARTS) is 1. The van der Waals surface area contributed by atoms with Gasteiger partial charge in [-0.15, -0.1) is 6.58 Å². The van der Waals surface area contributed by atoms with Crippen molar-refractivity contribution in [2.24, 2.45) is 5.92 Å². The third kappa shape index (κ3) is 9.21. The topological polar surface area (TPSA) is 37.3 Å². The van der Waals surface area contributed by atoms with Crippen molar-refractivity contribution < 1.29 is 9.90 Å². The van der Waals surface area contributed by atoms with Gasteiger partial charge in [-0.1, -0.05) is 19.9 Å². The van der Waals surface area contributed by atoms with Crippen LogP contribution in [0.3, 0.4) is 0 Å². The fourth-order valence-corrected chi connectivity index (χ4v) is 0.638. The Morgan fingerprint density at radius 1 is 1.55 bits per heavy atom. The van der Waals surface area contributed by atoms with Crippen LogP contribution in [0.15, 0.2) is 12.7 Å². The number of allylic oxidation sites excluding steroid dienone is 1. The zero-order valence-electron chi connectivity index (χ0n) is 7.63. The van der Waals surface area contributed by atoms with E-state index in [0.717, 1.165) is 12.8 Å². The van der Waals surface area contributed by atoms with Gasteiger partial charge in [0, 0.05) is 0 Å². The predicted octanol–water partition coefficient (Wildman–Crippen LogP) is 2.70. The number of rotatable bonds is 3. The molecule has 0 aromatic carbocycles. The molecular formula is C9H18O2. The highest BCUT2D eigenvalue weighted by Gasteiger charge is 2.10. The lowest BCUT2D eigenvalue weighted by Crippen LogP contribution is -2.10. The first-order chi connectivity index (χ1) is 5.13. The van der Waals surface area contributed by atoms with E-state index < -0.39 is 5.97 Å². The molecule has 0 saturated heterocycles. The van der Waals surface area contributed by atoms with E-state index in [1.54, 1.807) is 6.08 Å². The molecule has 0 saturated carbocycles. The largest absolute Gasteiger partial charge is 0.481 e. The Balaban J connectivity index is 0. The summed E-state index contributed by atoms with van der Waals surface area (Å²) in [5.74, 6) is -0.801. The Morgan fingerprint density at radius 3 is 1.82 bits per heavy atom. The second-order valence-corrected chi connectivity index (χ2v) is 2.26. The fraction of sp³-hybridized carbons (Fsp3) is 0.667.